The van der Waals surface area contributed by atoms with Crippen molar-refractivity contribution in [1.82, 2.24) is 15.8 Å². The lowest BCUT2D eigenvalue weighted by molar-refractivity contribution is -0.127. The Morgan fingerprint density at radius 2 is 1.76 bits per heavy atom. The van der Waals surface area contributed by atoms with Crippen molar-refractivity contribution in [2.75, 3.05) is 11.4 Å². The minimum absolute atomic E-state index is 0.000174. The zero-order valence-corrected chi connectivity index (χ0v) is 16.4. The number of nitrogens with zero attached hydrogens (tertiary/aromatic N) is 2. The van der Waals surface area contributed by atoms with Gasteiger partial charge < -0.3 is 5.32 Å². The van der Waals surface area contributed by atoms with Crippen molar-refractivity contribution in [2.45, 2.75) is 19.4 Å². The maximum atomic E-state index is 13.3. The number of amides is 3. The molecule has 2 aromatic carbocycles. The molecule has 1 aliphatic rings. The number of hydrogen-bond donors (Lipinski definition) is 2. The molecule has 2 N–H and O–H groups in total. The van der Waals surface area contributed by atoms with Crippen LogP contribution in [0.5, 0.6) is 0 Å². The summed E-state index contributed by atoms with van der Waals surface area (Å²) in [6, 6.07) is 12.6. The summed E-state index contributed by atoms with van der Waals surface area (Å²) in [5.74, 6) is -1.77. The second kappa shape index (κ2) is 8.78. The topological polar surface area (TPSA) is 81.8 Å². The monoisotopic (exact) mass is 414 g/mol. The number of anilines is 1. The first-order chi connectivity index (χ1) is 13.9. The number of hydrazine groups is 1. The lowest BCUT2D eigenvalue weighted by Crippen LogP contribution is -2.50. The molecule has 0 radical (unpaired) electrons. The number of thiocarbonyl (C=S) groups is 1. The molecule has 1 fully saturated rings. The number of nitrogens with one attached hydrogen (secondary N) is 2. The predicted octanol–water partition coefficient (Wildman–Crippen LogP) is 2.00. The minimum Gasteiger partial charge on any atom is -0.356 e. The molecule has 2 aromatic rings. The fourth-order valence-electron chi connectivity index (χ4n) is 2.94. The summed E-state index contributed by atoms with van der Waals surface area (Å²) >= 11 is 5.41. The zero-order chi connectivity index (χ0) is 21.0. The van der Waals surface area contributed by atoms with E-state index >= 15 is 0 Å². The highest BCUT2D eigenvalue weighted by atomic mass is 32.1. The molecule has 150 valence electrons. The first-order valence-electron chi connectivity index (χ1n) is 8.97. The van der Waals surface area contributed by atoms with Crippen LogP contribution in [0.3, 0.4) is 0 Å². The molecule has 1 unspecified atom stereocenters. The Hall–Kier alpha value is -3.33. The van der Waals surface area contributed by atoms with Crippen LogP contribution in [0.4, 0.5) is 10.1 Å². The van der Waals surface area contributed by atoms with Gasteiger partial charge in [0, 0.05) is 12.1 Å². The van der Waals surface area contributed by atoms with Gasteiger partial charge in [0.05, 0.1) is 12.1 Å². The predicted molar refractivity (Wildman–Crippen MR) is 109 cm³/mol. The summed E-state index contributed by atoms with van der Waals surface area (Å²) in [5, 5.41) is 3.85. The van der Waals surface area contributed by atoms with Crippen molar-refractivity contribution in [3.8, 4) is 0 Å². The second-order valence-electron chi connectivity index (χ2n) is 6.28. The summed E-state index contributed by atoms with van der Waals surface area (Å²) < 4.78 is 13.3. The van der Waals surface area contributed by atoms with Crippen molar-refractivity contribution >= 4 is 40.7 Å². The molecule has 3 rings (SSSR count). The average Bonchev–Trinajstić information content (AvgIpc) is 2.93. The molecular weight excluding hydrogens is 395 g/mol. The minimum atomic E-state index is -1.02. The quantitative estimate of drug-likeness (QED) is 0.707. The van der Waals surface area contributed by atoms with Gasteiger partial charge >= 0.3 is 0 Å². The van der Waals surface area contributed by atoms with Crippen LogP contribution < -0.4 is 15.6 Å². The summed E-state index contributed by atoms with van der Waals surface area (Å²) in [7, 11) is 0. The van der Waals surface area contributed by atoms with Gasteiger partial charge in [-0.15, -0.1) is 0 Å². The Morgan fingerprint density at radius 3 is 2.38 bits per heavy atom. The first-order valence-corrected chi connectivity index (χ1v) is 9.38. The molecule has 1 saturated heterocycles. The average molecular weight is 414 g/mol. The third-order valence-electron chi connectivity index (χ3n) is 4.31. The molecule has 1 heterocycles. The third kappa shape index (κ3) is 4.40. The van der Waals surface area contributed by atoms with E-state index in [0.29, 0.717) is 17.8 Å². The Morgan fingerprint density at radius 1 is 1.10 bits per heavy atom. The van der Waals surface area contributed by atoms with E-state index in [0.717, 1.165) is 0 Å². The molecule has 29 heavy (non-hydrogen) atoms. The number of carbonyl (C=O) groups is 3. The molecule has 1 aliphatic heterocycles. The largest absolute Gasteiger partial charge is 0.356 e. The summed E-state index contributed by atoms with van der Waals surface area (Å²) in [6.07, 6.45) is -0.195. The van der Waals surface area contributed by atoms with E-state index in [9.17, 15) is 18.8 Å². The Bertz CT molecular complexity index is 937. The van der Waals surface area contributed by atoms with Gasteiger partial charge in [-0.25, -0.2) is 9.40 Å². The number of rotatable bonds is 6. The SMILES string of the molecule is CCNC(=O)CC1C(=O)N(c2ccc(F)cc2)C(=S)N1NC(=O)c1ccccc1. The van der Waals surface area contributed by atoms with Crippen LogP contribution in [0.1, 0.15) is 23.7 Å². The smallest absolute Gasteiger partial charge is 0.269 e. The van der Waals surface area contributed by atoms with Gasteiger partial charge in [0.25, 0.3) is 11.8 Å². The molecule has 0 aliphatic carbocycles. The van der Waals surface area contributed by atoms with Crippen molar-refractivity contribution in [3.05, 3.63) is 66.0 Å². The van der Waals surface area contributed by atoms with Crippen LogP contribution in [0.25, 0.3) is 0 Å². The van der Waals surface area contributed by atoms with Crippen LogP contribution in [-0.4, -0.2) is 40.4 Å². The zero-order valence-electron chi connectivity index (χ0n) is 15.6. The maximum absolute atomic E-state index is 13.3. The highest BCUT2D eigenvalue weighted by Crippen LogP contribution is 2.26. The molecule has 7 nitrogen and oxygen atoms in total. The fraction of sp³-hybridized carbons (Fsp3) is 0.200. The van der Waals surface area contributed by atoms with E-state index in [1.54, 1.807) is 37.3 Å². The van der Waals surface area contributed by atoms with Crippen LogP contribution >= 0.6 is 12.2 Å². The third-order valence-corrected chi connectivity index (χ3v) is 4.69. The van der Waals surface area contributed by atoms with Gasteiger partial charge in [0.15, 0.2) is 0 Å². The summed E-state index contributed by atoms with van der Waals surface area (Å²) in [4.78, 5) is 39.0. The van der Waals surface area contributed by atoms with E-state index < -0.39 is 23.7 Å². The lowest BCUT2D eigenvalue weighted by atomic mass is 10.1. The van der Waals surface area contributed by atoms with E-state index in [-0.39, 0.29) is 17.4 Å². The van der Waals surface area contributed by atoms with E-state index in [1.165, 1.54) is 34.2 Å². The molecule has 0 aromatic heterocycles. The first kappa shape index (κ1) is 20.4. The van der Waals surface area contributed by atoms with Gasteiger partial charge in [0.2, 0.25) is 11.0 Å². The van der Waals surface area contributed by atoms with E-state index in [1.807, 2.05) is 0 Å². The Labute approximate surface area is 172 Å². The van der Waals surface area contributed by atoms with Crippen LogP contribution in [0, 0.1) is 5.82 Å². The van der Waals surface area contributed by atoms with Gasteiger partial charge in [-0.2, -0.15) is 0 Å². The number of hydrogen-bond acceptors (Lipinski definition) is 4. The molecule has 3 amide bonds. The van der Waals surface area contributed by atoms with Crippen molar-refractivity contribution in [1.29, 1.82) is 0 Å². The Kier molecular flexibility index (Phi) is 6.18. The molecule has 0 bridgehead atoms. The number of benzene rings is 2. The van der Waals surface area contributed by atoms with Crippen molar-refractivity contribution in [2.24, 2.45) is 0 Å². The van der Waals surface area contributed by atoms with Crippen molar-refractivity contribution in [3.63, 3.8) is 0 Å². The number of halogens is 1. The second-order valence-corrected chi connectivity index (χ2v) is 6.65. The molecule has 1 atom stereocenters. The van der Waals surface area contributed by atoms with Gasteiger partial charge in [-0.3, -0.25) is 24.7 Å². The fourth-order valence-corrected chi connectivity index (χ4v) is 3.30. The lowest BCUT2D eigenvalue weighted by Gasteiger charge is -2.24. The highest BCUT2D eigenvalue weighted by Gasteiger charge is 2.45. The molecule has 9 heteroatoms. The van der Waals surface area contributed by atoms with E-state index in [4.69, 9.17) is 12.2 Å². The maximum Gasteiger partial charge on any atom is 0.269 e. The van der Waals surface area contributed by atoms with Gasteiger partial charge in [0.1, 0.15) is 11.9 Å². The molecule has 0 saturated carbocycles. The normalized spacial score (nSPS) is 16.1. The van der Waals surface area contributed by atoms with Gasteiger partial charge in [-0.05, 0) is 55.5 Å². The highest BCUT2D eigenvalue weighted by molar-refractivity contribution is 7.80. The Balaban J connectivity index is 1.90. The van der Waals surface area contributed by atoms with Crippen LogP contribution in [0.15, 0.2) is 54.6 Å². The summed E-state index contributed by atoms with van der Waals surface area (Å²) in [5.41, 5.74) is 3.34. The van der Waals surface area contributed by atoms with Gasteiger partial charge in [-0.1, -0.05) is 18.2 Å². The standard InChI is InChI=1S/C20H19FN4O3S/c1-2-22-17(26)12-16-19(28)24(15-10-8-14(21)9-11-15)20(29)25(16)23-18(27)13-6-4-3-5-7-13/h3-11,16H,2,12H2,1H3,(H,22,26)(H,23,27). The van der Waals surface area contributed by atoms with Crippen LogP contribution in [-0.2, 0) is 9.59 Å². The van der Waals surface area contributed by atoms with E-state index in [2.05, 4.69) is 10.7 Å². The molecular formula is C20H19FN4O3S. The molecule has 0 spiro atoms. The van der Waals surface area contributed by atoms with Crippen LogP contribution in [0.2, 0.25) is 0 Å². The van der Waals surface area contributed by atoms with Crippen molar-refractivity contribution < 1.29 is 18.8 Å². The number of carbonyl (C=O) groups excluding carboxylic acids is 3. The summed E-state index contributed by atoms with van der Waals surface area (Å²) in [6.45, 7) is 2.17.